The molecule has 0 aliphatic carbocycles. The van der Waals surface area contributed by atoms with Gasteiger partial charge in [0.15, 0.2) is 0 Å². The van der Waals surface area contributed by atoms with Gasteiger partial charge in [-0.15, -0.1) is 0 Å². The summed E-state index contributed by atoms with van der Waals surface area (Å²) in [7, 11) is 0. The number of hydroxylamine groups is 1. The number of para-hydroxylation sites is 2. The third-order valence-electron chi connectivity index (χ3n) is 5.01. The molecule has 0 radical (unpaired) electrons. The van der Waals surface area contributed by atoms with Gasteiger partial charge in [0.05, 0.1) is 0 Å². The molecule has 132 valence electrons. The van der Waals surface area contributed by atoms with E-state index in [0.29, 0.717) is 12.8 Å². The summed E-state index contributed by atoms with van der Waals surface area (Å²) in [5.41, 5.74) is 6.40. The molecule has 0 fully saturated rings. The number of rotatable bonds is 6. The lowest BCUT2D eigenvalue weighted by Gasteiger charge is -2.16. The molecule has 1 amide bonds. The zero-order chi connectivity index (χ0) is 17.9. The van der Waals surface area contributed by atoms with E-state index in [1.54, 1.807) is 5.48 Å². The fourth-order valence-electron chi connectivity index (χ4n) is 3.77. The van der Waals surface area contributed by atoms with E-state index in [4.69, 9.17) is 5.21 Å². The summed E-state index contributed by atoms with van der Waals surface area (Å²) in [5, 5.41) is 11.1. The largest absolute Gasteiger partial charge is 0.361 e. The highest BCUT2D eigenvalue weighted by Gasteiger charge is 2.21. The zero-order valence-corrected chi connectivity index (χ0v) is 14.3. The highest BCUT2D eigenvalue weighted by atomic mass is 16.5. The molecule has 4 N–H and O–H groups in total. The number of carbonyl (C=O) groups is 1. The molecule has 2 aromatic heterocycles. The van der Waals surface area contributed by atoms with Crippen LogP contribution in [-0.2, 0) is 4.79 Å². The minimum Gasteiger partial charge on any atom is -0.361 e. The van der Waals surface area contributed by atoms with E-state index in [-0.39, 0.29) is 11.8 Å². The Morgan fingerprint density at radius 1 is 0.923 bits per heavy atom. The number of hydrogen-bond donors (Lipinski definition) is 4. The van der Waals surface area contributed by atoms with Gasteiger partial charge in [0, 0.05) is 46.5 Å². The number of aromatic amines is 2. The Morgan fingerprint density at radius 3 is 2.00 bits per heavy atom. The van der Waals surface area contributed by atoms with Gasteiger partial charge in [-0.1, -0.05) is 36.4 Å². The van der Waals surface area contributed by atoms with E-state index in [2.05, 4.69) is 46.6 Å². The third-order valence-corrected chi connectivity index (χ3v) is 5.01. The lowest BCUT2D eigenvalue weighted by molar-refractivity contribution is -0.129. The molecule has 0 atom stereocenters. The number of benzene rings is 2. The van der Waals surface area contributed by atoms with Crippen molar-refractivity contribution >= 4 is 27.7 Å². The summed E-state index contributed by atoms with van der Waals surface area (Å²) in [4.78, 5) is 18.1. The Hall–Kier alpha value is -3.05. The zero-order valence-electron chi connectivity index (χ0n) is 14.3. The first-order valence-electron chi connectivity index (χ1n) is 8.83. The predicted molar refractivity (Wildman–Crippen MR) is 102 cm³/mol. The minimum atomic E-state index is -0.346. The van der Waals surface area contributed by atoms with E-state index in [1.807, 2.05) is 24.3 Å². The van der Waals surface area contributed by atoms with Crippen molar-refractivity contribution < 1.29 is 10.0 Å². The lowest BCUT2D eigenvalue weighted by Crippen LogP contribution is -2.18. The third kappa shape index (κ3) is 2.97. The predicted octanol–water partition coefficient (Wildman–Crippen LogP) is 4.46. The monoisotopic (exact) mass is 347 g/mol. The van der Waals surface area contributed by atoms with E-state index in [0.717, 1.165) is 17.5 Å². The Morgan fingerprint density at radius 2 is 1.46 bits per heavy atom. The van der Waals surface area contributed by atoms with Gasteiger partial charge >= 0.3 is 0 Å². The number of hydrogen-bond acceptors (Lipinski definition) is 2. The first-order chi connectivity index (χ1) is 12.8. The molecular formula is C21H21N3O2. The molecule has 2 heterocycles. The van der Waals surface area contributed by atoms with E-state index >= 15 is 0 Å². The number of aromatic nitrogens is 2. The Balaban J connectivity index is 1.75. The van der Waals surface area contributed by atoms with Gasteiger partial charge in [-0.25, -0.2) is 5.48 Å². The van der Waals surface area contributed by atoms with Crippen LogP contribution in [0.15, 0.2) is 60.9 Å². The maximum absolute atomic E-state index is 11.4. The minimum absolute atomic E-state index is 0.161. The highest BCUT2D eigenvalue weighted by Crippen LogP contribution is 2.37. The topological polar surface area (TPSA) is 80.9 Å². The van der Waals surface area contributed by atoms with Crippen molar-refractivity contribution in [2.75, 3.05) is 0 Å². The molecule has 0 aliphatic rings. The van der Waals surface area contributed by atoms with Crippen molar-refractivity contribution in [3.63, 3.8) is 0 Å². The first-order valence-corrected chi connectivity index (χ1v) is 8.83. The quantitative estimate of drug-likeness (QED) is 0.307. The number of amides is 1. The summed E-state index contributed by atoms with van der Waals surface area (Å²) < 4.78 is 0. The molecule has 0 aliphatic heterocycles. The van der Waals surface area contributed by atoms with Crippen molar-refractivity contribution in [1.29, 1.82) is 0 Å². The van der Waals surface area contributed by atoms with Gasteiger partial charge in [-0.3, -0.25) is 10.0 Å². The van der Waals surface area contributed by atoms with Crippen LogP contribution in [0, 0.1) is 0 Å². The van der Waals surface area contributed by atoms with Crippen LogP contribution >= 0.6 is 0 Å². The van der Waals surface area contributed by atoms with Gasteiger partial charge in [-0.05, 0) is 36.1 Å². The summed E-state index contributed by atoms with van der Waals surface area (Å²) in [6.45, 7) is 0. The molecule has 5 nitrogen and oxygen atoms in total. The summed E-state index contributed by atoms with van der Waals surface area (Å²) >= 11 is 0. The van der Waals surface area contributed by atoms with Crippen LogP contribution in [0.25, 0.3) is 21.8 Å². The van der Waals surface area contributed by atoms with Crippen molar-refractivity contribution in [1.82, 2.24) is 15.4 Å². The average molecular weight is 347 g/mol. The van der Waals surface area contributed by atoms with Crippen LogP contribution in [0.3, 0.4) is 0 Å². The molecular weight excluding hydrogens is 326 g/mol. The standard InChI is InChI=1S/C21H21N3O2/c25-21(24-26)11-5-8-14(17-12-22-19-9-3-1-6-15(17)19)18-13-23-20-10-4-2-7-16(18)20/h1-4,6-7,9-10,12-14,22-23,26H,5,8,11H2,(H,24,25). The molecule has 0 bridgehead atoms. The van der Waals surface area contributed by atoms with Gasteiger partial charge in [0.2, 0.25) is 5.91 Å². The van der Waals surface area contributed by atoms with Crippen LogP contribution in [0.5, 0.6) is 0 Å². The summed E-state index contributed by atoms with van der Waals surface area (Å²) in [6.07, 6.45) is 5.96. The fraction of sp³-hybridized carbons (Fsp3) is 0.190. The smallest absolute Gasteiger partial charge is 0.243 e. The van der Waals surface area contributed by atoms with Crippen molar-refractivity contribution in [3.8, 4) is 0 Å². The van der Waals surface area contributed by atoms with Gasteiger partial charge in [-0.2, -0.15) is 0 Å². The van der Waals surface area contributed by atoms with Crippen molar-refractivity contribution in [3.05, 3.63) is 72.1 Å². The lowest BCUT2D eigenvalue weighted by atomic mass is 9.86. The summed E-state index contributed by atoms with van der Waals surface area (Å²) in [6, 6.07) is 16.5. The van der Waals surface area contributed by atoms with E-state index in [9.17, 15) is 4.79 Å². The molecule has 5 heteroatoms. The maximum atomic E-state index is 11.4. The van der Waals surface area contributed by atoms with Crippen LogP contribution < -0.4 is 5.48 Å². The highest BCUT2D eigenvalue weighted by molar-refractivity contribution is 5.88. The second kappa shape index (κ2) is 7.06. The number of H-pyrrole nitrogens is 2. The Kier molecular flexibility index (Phi) is 4.46. The number of nitrogens with one attached hydrogen (secondary N) is 3. The normalized spacial score (nSPS) is 11.5. The Bertz CT molecular complexity index is 973. The molecule has 4 aromatic rings. The van der Waals surface area contributed by atoms with E-state index in [1.165, 1.54) is 21.9 Å². The average Bonchev–Trinajstić information content (AvgIpc) is 3.30. The second-order valence-electron chi connectivity index (χ2n) is 6.56. The Labute approximate surface area is 151 Å². The number of fused-ring (bicyclic) bond motifs is 2. The maximum Gasteiger partial charge on any atom is 0.243 e. The van der Waals surface area contributed by atoms with Crippen molar-refractivity contribution in [2.24, 2.45) is 0 Å². The van der Waals surface area contributed by atoms with Gasteiger partial charge in [0.1, 0.15) is 0 Å². The van der Waals surface area contributed by atoms with Crippen LogP contribution in [-0.4, -0.2) is 21.1 Å². The molecule has 0 spiro atoms. The van der Waals surface area contributed by atoms with Crippen LogP contribution in [0.2, 0.25) is 0 Å². The van der Waals surface area contributed by atoms with Crippen LogP contribution in [0.4, 0.5) is 0 Å². The molecule has 0 saturated carbocycles. The summed E-state index contributed by atoms with van der Waals surface area (Å²) in [5.74, 6) is -0.185. The van der Waals surface area contributed by atoms with Crippen LogP contribution in [0.1, 0.15) is 36.3 Å². The molecule has 2 aromatic carbocycles. The molecule has 0 unspecified atom stereocenters. The number of carbonyl (C=O) groups excluding carboxylic acids is 1. The van der Waals surface area contributed by atoms with Gasteiger partial charge < -0.3 is 9.97 Å². The van der Waals surface area contributed by atoms with Crippen molar-refractivity contribution in [2.45, 2.75) is 25.2 Å². The molecule has 0 saturated heterocycles. The molecule has 26 heavy (non-hydrogen) atoms. The molecule has 4 rings (SSSR count). The second-order valence-corrected chi connectivity index (χ2v) is 6.56. The first kappa shape index (κ1) is 16.4. The fourth-order valence-corrected chi connectivity index (χ4v) is 3.77. The van der Waals surface area contributed by atoms with Gasteiger partial charge in [0.25, 0.3) is 0 Å². The van der Waals surface area contributed by atoms with E-state index < -0.39 is 0 Å². The SMILES string of the molecule is O=C(CCCC(c1c[nH]c2ccccc12)c1c[nH]c2ccccc12)NO.